The minimum atomic E-state index is -0.731. The molecule has 0 bridgehead atoms. The van der Waals surface area contributed by atoms with Crippen LogP contribution in [0.2, 0.25) is 0 Å². The van der Waals surface area contributed by atoms with Gasteiger partial charge < -0.3 is 5.32 Å². The molecule has 0 saturated heterocycles. The number of hydrogen-bond acceptors (Lipinski definition) is 3. The van der Waals surface area contributed by atoms with Crippen LogP contribution in [0, 0.1) is 11.6 Å². The Morgan fingerprint density at radius 3 is 2.26 bits per heavy atom. The molecule has 7 heteroatoms. The van der Waals surface area contributed by atoms with Crippen molar-refractivity contribution in [2.24, 2.45) is 0 Å². The molecule has 5 nitrogen and oxygen atoms in total. The molecule has 0 saturated carbocycles. The molecular weight excluding hydrogens is 402 g/mol. The maximum atomic E-state index is 13.9. The van der Waals surface area contributed by atoms with E-state index in [1.165, 1.54) is 6.07 Å². The molecule has 3 amide bonds. The van der Waals surface area contributed by atoms with E-state index in [2.05, 4.69) is 5.32 Å². The maximum Gasteiger partial charge on any atom is 0.261 e. The predicted octanol–water partition coefficient (Wildman–Crippen LogP) is 4.37. The molecule has 31 heavy (non-hydrogen) atoms. The Labute approximate surface area is 177 Å². The van der Waals surface area contributed by atoms with Crippen LogP contribution in [0.1, 0.15) is 52.1 Å². The van der Waals surface area contributed by atoms with Crippen molar-refractivity contribution in [2.45, 2.75) is 25.8 Å². The summed E-state index contributed by atoms with van der Waals surface area (Å²) >= 11 is 0. The van der Waals surface area contributed by atoms with Crippen molar-refractivity contribution in [3.05, 3.63) is 82.9 Å². The van der Waals surface area contributed by atoms with Gasteiger partial charge in [-0.25, -0.2) is 8.78 Å². The molecule has 0 aromatic heterocycles. The third-order valence-corrected chi connectivity index (χ3v) is 5.45. The van der Waals surface area contributed by atoms with E-state index in [1.807, 2.05) is 12.1 Å². The number of hydrogen-bond donors (Lipinski definition) is 1. The van der Waals surface area contributed by atoms with Crippen LogP contribution in [0.5, 0.6) is 0 Å². The van der Waals surface area contributed by atoms with Gasteiger partial charge in [-0.1, -0.05) is 30.3 Å². The number of benzene rings is 3. The fourth-order valence-electron chi connectivity index (χ4n) is 3.93. The lowest BCUT2D eigenvalue weighted by Crippen LogP contribution is -2.41. The van der Waals surface area contributed by atoms with Crippen molar-refractivity contribution < 1.29 is 23.2 Å². The summed E-state index contributed by atoms with van der Waals surface area (Å²) < 4.78 is 26.9. The van der Waals surface area contributed by atoms with Gasteiger partial charge in [-0.2, -0.15) is 0 Å². The Hall–Kier alpha value is -3.61. The summed E-state index contributed by atoms with van der Waals surface area (Å²) in [5.74, 6) is -2.53. The highest BCUT2D eigenvalue weighted by Crippen LogP contribution is 2.30. The lowest BCUT2D eigenvalue weighted by atomic mass is 9.94. The van der Waals surface area contributed by atoms with Crippen molar-refractivity contribution >= 4 is 28.5 Å². The number of rotatable bonds is 6. The molecule has 158 valence electrons. The van der Waals surface area contributed by atoms with E-state index in [0.29, 0.717) is 16.5 Å². The summed E-state index contributed by atoms with van der Waals surface area (Å²) in [6.07, 6.45) is 0.316. The second-order valence-electron chi connectivity index (χ2n) is 7.53. The van der Waals surface area contributed by atoms with Crippen molar-refractivity contribution in [3.8, 4) is 0 Å². The topological polar surface area (TPSA) is 66.5 Å². The number of amides is 3. The molecule has 0 aliphatic carbocycles. The van der Waals surface area contributed by atoms with E-state index in [9.17, 15) is 23.2 Å². The van der Waals surface area contributed by atoms with Crippen LogP contribution in [-0.4, -0.2) is 29.2 Å². The minimum absolute atomic E-state index is 0.0516. The molecule has 1 unspecified atom stereocenters. The zero-order valence-corrected chi connectivity index (χ0v) is 16.8. The first-order chi connectivity index (χ1) is 14.9. The van der Waals surface area contributed by atoms with Gasteiger partial charge in [0.1, 0.15) is 11.6 Å². The second-order valence-corrected chi connectivity index (χ2v) is 7.53. The van der Waals surface area contributed by atoms with Gasteiger partial charge in [0.2, 0.25) is 5.91 Å². The first-order valence-corrected chi connectivity index (χ1v) is 9.99. The standard InChI is InChI=1S/C24H20F2N2O3/c1-14(17-11-10-16(25)13-20(17)26)27-21(29)9-4-12-28-23(30)18-7-2-5-15-6-3-8-19(22(15)18)24(28)31/h2-3,5-8,10-11,13-14H,4,9,12H2,1H3,(H,27,29). The van der Waals surface area contributed by atoms with E-state index in [-0.39, 0.29) is 42.7 Å². The second kappa shape index (κ2) is 8.26. The van der Waals surface area contributed by atoms with Crippen LogP contribution in [0.15, 0.2) is 54.6 Å². The summed E-state index contributed by atoms with van der Waals surface area (Å²) in [4.78, 5) is 39.1. The summed E-state index contributed by atoms with van der Waals surface area (Å²) in [6.45, 7) is 1.69. The van der Waals surface area contributed by atoms with Gasteiger partial charge in [-0.15, -0.1) is 0 Å². The Morgan fingerprint density at radius 1 is 1.00 bits per heavy atom. The molecule has 3 aromatic carbocycles. The monoisotopic (exact) mass is 422 g/mol. The fourth-order valence-corrected chi connectivity index (χ4v) is 3.93. The van der Waals surface area contributed by atoms with Gasteiger partial charge in [-0.05, 0) is 36.9 Å². The van der Waals surface area contributed by atoms with E-state index < -0.39 is 17.7 Å². The molecule has 3 aromatic rings. The van der Waals surface area contributed by atoms with Crippen molar-refractivity contribution in [3.63, 3.8) is 0 Å². The van der Waals surface area contributed by atoms with Crippen LogP contribution in [0.25, 0.3) is 10.8 Å². The van der Waals surface area contributed by atoms with Gasteiger partial charge in [-0.3, -0.25) is 19.3 Å². The minimum Gasteiger partial charge on any atom is -0.349 e. The lowest BCUT2D eigenvalue weighted by molar-refractivity contribution is -0.121. The first kappa shape index (κ1) is 20.7. The predicted molar refractivity (Wildman–Crippen MR) is 111 cm³/mol. The highest BCUT2D eigenvalue weighted by molar-refractivity contribution is 6.25. The van der Waals surface area contributed by atoms with Gasteiger partial charge in [0, 0.05) is 41.1 Å². The lowest BCUT2D eigenvalue weighted by Gasteiger charge is -2.27. The summed E-state index contributed by atoms with van der Waals surface area (Å²) in [6, 6.07) is 13.2. The molecule has 1 aliphatic heterocycles. The maximum absolute atomic E-state index is 13.9. The van der Waals surface area contributed by atoms with Gasteiger partial charge in [0.05, 0.1) is 6.04 Å². The molecule has 1 atom stereocenters. The number of carbonyl (C=O) groups excluding carboxylic acids is 3. The van der Waals surface area contributed by atoms with Gasteiger partial charge in [0.15, 0.2) is 0 Å². The average molecular weight is 422 g/mol. The Morgan fingerprint density at radius 2 is 1.65 bits per heavy atom. The van der Waals surface area contributed by atoms with Crippen LogP contribution < -0.4 is 5.32 Å². The van der Waals surface area contributed by atoms with Crippen LogP contribution in [0.4, 0.5) is 8.78 Å². The van der Waals surface area contributed by atoms with Gasteiger partial charge >= 0.3 is 0 Å². The first-order valence-electron chi connectivity index (χ1n) is 9.99. The molecule has 0 spiro atoms. The number of imide groups is 1. The highest BCUT2D eigenvalue weighted by atomic mass is 19.1. The zero-order valence-electron chi connectivity index (χ0n) is 16.8. The molecule has 1 heterocycles. The zero-order chi connectivity index (χ0) is 22.1. The highest BCUT2D eigenvalue weighted by Gasteiger charge is 2.32. The number of halogens is 2. The Balaban J connectivity index is 1.39. The molecular formula is C24H20F2N2O3. The molecule has 0 radical (unpaired) electrons. The summed E-state index contributed by atoms with van der Waals surface area (Å²) in [5.41, 5.74) is 1.12. The van der Waals surface area contributed by atoms with Gasteiger partial charge in [0.25, 0.3) is 11.8 Å². The SMILES string of the molecule is CC(NC(=O)CCCN1C(=O)c2cccc3cccc(c23)C1=O)c1ccc(F)cc1F. The van der Waals surface area contributed by atoms with E-state index >= 15 is 0 Å². The van der Waals surface area contributed by atoms with Crippen molar-refractivity contribution in [2.75, 3.05) is 6.54 Å². The van der Waals surface area contributed by atoms with Crippen LogP contribution >= 0.6 is 0 Å². The Bertz CT molecular complexity index is 1160. The number of carbonyl (C=O) groups is 3. The number of nitrogens with one attached hydrogen (secondary N) is 1. The van der Waals surface area contributed by atoms with Crippen LogP contribution in [0.3, 0.4) is 0 Å². The summed E-state index contributed by atoms with van der Waals surface area (Å²) in [5, 5.41) is 4.15. The molecule has 0 fully saturated rings. The number of nitrogens with zero attached hydrogens (tertiary/aromatic N) is 1. The van der Waals surface area contributed by atoms with Crippen molar-refractivity contribution in [1.29, 1.82) is 0 Å². The molecule has 4 rings (SSSR count). The van der Waals surface area contributed by atoms with E-state index in [4.69, 9.17) is 0 Å². The van der Waals surface area contributed by atoms with E-state index in [1.54, 1.807) is 31.2 Å². The fraction of sp³-hybridized carbons (Fsp3) is 0.208. The normalized spacial score (nSPS) is 14.1. The largest absolute Gasteiger partial charge is 0.349 e. The van der Waals surface area contributed by atoms with Crippen LogP contribution in [-0.2, 0) is 4.79 Å². The average Bonchev–Trinajstić information content (AvgIpc) is 2.74. The third-order valence-electron chi connectivity index (χ3n) is 5.45. The van der Waals surface area contributed by atoms with Crippen molar-refractivity contribution in [1.82, 2.24) is 10.2 Å². The van der Waals surface area contributed by atoms with E-state index in [0.717, 1.165) is 22.4 Å². The molecule has 1 aliphatic rings. The summed E-state index contributed by atoms with van der Waals surface area (Å²) in [7, 11) is 0. The third kappa shape index (κ3) is 3.91. The quantitative estimate of drug-likeness (QED) is 0.600. The Kier molecular flexibility index (Phi) is 5.50. The molecule has 1 N–H and O–H groups in total. The smallest absolute Gasteiger partial charge is 0.261 e.